The zero-order valence-electron chi connectivity index (χ0n) is 16.5. The van der Waals surface area contributed by atoms with Gasteiger partial charge in [-0.25, -0.2) is 4.98 Å². The van der Waals surface area contributed by atoms with E-state index in [1.165, 1.54) is 0 Å². The molecule has 0 saturated carbocycles. The van der Waals surface area contributed by atoms with Crippen molar-refractivity contribution in [2.45, 2.75) is 20.0 Å². The van der Waals surface area contributed by atoms with Crippen LogP contribution in [-0.2, 0) is 13.1 Å². The predicted octanol–water partition coefficient (Wildman–Crippen LogP) is 3.92. The van der Waals surface area contributed by atoms with E-state index in [1.807, 2.05) is 54.2 Å². The number of rotatable bonds is 5. The van der Waals surface area contributed by atoms with Crippen LogP contribution in [0.3, 0.4) is 0 Å². The van der Waals surface area contributed by atoms with Gasteiger partial charge in [0.25, 0.3) is 5.91 Å². The Hall–Kier alpha value is -4.00. The van der Waals surface area contributed by atoms with Gasteiger partial charge in [0.05, 0.1) is 5.52 Å². The minimum absolute atomic E-state index is 0.199. The maximum atomic E-state index is 13.0. The molecule has 5 rings (SSSR count). The first kappa shape index (κ1) is 18.1. The molecule has 1 amide bonds. The van der Waals surface area contributed by atoms with Gasteiger partial charge in [0.1, 0.15) is 5.65 Å². The van der Waals surface area contributed by atoms with E-state index in [0.717, 1.165) is 38.6 Å². The number of nitrogens with one attached hydrogen (secondary N) is 2. The van der Waals surface area contributed by atoms with Crippen molar-refractivity contribution in [3.05, 3.63) is 78.5 Å². The van der Waals surface area contributed by atoms with E-state index in [-0.39, 0.29) is 5.91 Å². The minimum Gasteiger partial charge on any atom is -0.346 e. The van der Waals surface area contributed by atoms with E-state index in [2.05, 4.69) is 31.4 Å². The number of hydrogen-bond donors (Lipinski definition) is 2. The Balaban J connectivity index is 1.56. The first-order valence-electron chi connectivity index (χ1n) is 9.84. The average molecular weight is 396 g/mol. The Labute approximate surface area is 172 Å². The van der Waals surface area contributed by atoms with Crippen LogP contribution in [0, 0.1) is 0 Å². The summed E-state index contributed by atoms with van der Waals surface area (Å²) in [6.07, 6.45) is 7.12. The number of aryl methyl sites for hydroxylation is 1. The van der Waals surface area contributed by atoms with Crippen molar-refractivity contribution >= 4 is 27.8 Å². The van der Waals surface area contributed by atoms with Crippen molar-refractivity contribution in [2.75, 3.05) is 0 Å². The number of pyridine rings is 2. The summed E-state index contributed by atoms with van der Waals surface area (Å²) >= 11 is 0. The molecule has 4 heterocycles. The molecule has 0 saturated heterocycles. The number of amides is 1. The Morgan fingerprint density at radius 1 is 1.13 bits per heavy atom. The number of aromatic amines is 1. The molecule has 1 aromatic carbocycles. The van der Waals surface area contributed by atoms with Crippen molar-refractivity contribution < 1.29 is 4.79 Å². The van der Waals surface area contributed by atoms with Gasteiger partial charge in [0.15, 0.2) is 5.69 Å². The van der Waals surface area contributed by atoms with Crippen LogP contribution in [0.1, 0.15) is 23.0 Å². The molecule has 0 fully saturated rings. The molecule has 4 aromatic heterocycles. The number of aromatic nitrogens is 5. The topological polar surface area (TPSA) is 88.5 Å². The van der Waals surface area contributed by atoms with Crippen LogP contribution in [-0.4, -0.2) is 30.6 Å². The van der Waals surface area contributed by atoms with Gasteiger partial charge in [-0.2, -0.15) is 5.10 Å². The van der Waals surface area contributed by atoms with Crippen LogP contribution < -0.4 is 5.32 Å². The van der Waals surface area contributed by atoms with E-state index in [1.54, 1.807) is 18.6 Å². The fourth-order valence-corrected chi connectivity index (χ4v) is 3.74. The summed E-state index contributed by atoms with van der Waals surface area (Å²) in [4.78, 5) is 24.6. The number of benzene rings is 1. The number of hydrogen-bond acceptors (Lipinski definition) is 4. The van der Waals surface area contributed by atoms with Crippen LogP contribution in [0.5, 0.6) is 0 Å². The Morgan fingerprint density at radius 3 is 2.90 bits per heavy atom. The summed E-state index contributed by atoms with van der Waals surface area (Å²) < 4.78 is 1.86. The summed E-state index contributed by atoms with van der Waals surface area (Å²) in [5, 5.41) is 9.41. The molecule has 30 heavy (non-hydrogen) atoms. The molecule has 0 radical (unpaired) electrons. The van der Waals surface area contributed by atoms with Gasteiger partial charge in [-0.05, 0) is 53.9 Å². The smallest absolute Gasteiger partial charge is 0.272 e. The summed E-state index contributed by atoms with van der Waals surface area (Å²) in [7, 11) is 0. The van der Waals surface area contributed by atoms with Gasteiger partial charge >= 0.3 is 0 Å². The SMILES string of the molecule is CCn1nc(C(=O)NCc2cccnc2)c2cc(-c3ccnc4[nH]ccc34)ccc21. The highest BCUT2D eigenvalue weighted by Gasteiger charge is 2.18. The molecule has 0 bridgehead atoms. The highest BCUT2D eigenvalue weighted by atomic mass is 16.1. The predicted molar refractivity (Wildman–Crippen MR) is 116 cm³/mol. The largest absolute Gasteiger partial charge is 0.346 e. The summed E-state index contributed by atoms with van der Waals surface area (Å²) in [5.74, 6) is -0.199. The van der Waals surface area contributed by atoms with Gasteiger partial charge in [-0.1, -0.05) is 12.1 Å². The lowest BCUT2D eigenvalue weighted by molar-refractivity contribution is 0.0946. The molecule has 0 aliphatic rings. The van der Waals surface area contributed by atoms with Crippen LogP contribution >= 0.6 is 0 Å². The number of carbonyl (C=O) groups is 1. The molecule has 5 aromatic rings. The van der Waals surface area contributed by atoms with Gasteiger partial charge in [0, 0.05) is 48.6 Å². The molecular weight excluding hydrogens is 376 g/mol. The maximum Gasteiger partial charge on any atom is 0.272 e. The molecule has 0 aliphatic heterocycles. The third kappa shape index (κ3) is 3.10. The third-order valence-electron chi connectivity index (χ3n) is 5.21. The molecule has 0 aliphatic carbocycles. The third-order valence-corrected chi connectivity index (χ3v) is 5.21. The maximum absolute atomic E-state index is 13.0. The molecule has 148 valence electrons. The summed E-state index contributed by atoms with van der Waals surface area (Å²) in [5.41, 5.74) is 5.23. The zero-order chi connectivity index (χ0) is 20.5. The minimum atomic E-state index is -0.199. The van der Waals surface area contributed by atoms with Gasteiger partial charge in [-0.15, -0.1) is 0 Å². The van der Waals surface area contributed by atoms with E-state index < -0.39 is 0 Å². The van der Waals surface area contributed by atoms with Crippen molar-refractivity contribution in [1.82, 2.24) is 30.0 Å². The Morgan fingerprint density at radius 2 is 2.07 bits per heavy atom. The number of nitrogens with zero attached hydrogens (tertiary/aromatic N) is 4. The number of carbonyl (C=O) groups excluding carboxylic acids is 1. The zero-order valence-corrected chi connectivity index (χ0v) is 16.5. The molecular formula is C23H20N6O. The van der Waals surface area contributed by atoms with Gasteiger partial charge in [0.2, 0.25) is 0 Å². The fraction of sp³-hybridized carbons (Fsp3) is 0.130. The Kier molecular flexibility index (Phi) is 4.48. The lowest BCUT2D eigenvalue weighted by atomic mass is 10.0. The molecule has 7 nitrogen and oxygen atoms in total. The molecule has 0 unspecified atom stereocenters. The molecule has 0 atom stereocenters. The van der Waals surface area contributed by atoms with E-state index in [4.69, 9.17) is 0 Å². The first-order valence-corrected chi connectivity index (χ1v) is 9.84. The normalized spacial score (nSPS) is 11.2. The van der Waals surface area contributed by atoms with Gasteiger partial charge in [-0.3, -0.25) is 14.5 Å². The highest BCUT2D eigenvalue weighted by Crippen LogP contribution is 2.31. The molecule has 0 spiro atoms. The molecule has 7 heteroatoms. The molecule has 2 N–H and O–H groups in total. The second-order valence-corrected chi connectivity index (χ2v) is 7.04. The van der Waals surface area contributed by atoms with Gasteiger partial charge < -0.3 is 10.3 Å². The standard InChI is InChI=1S/C23H20N6O/c1-2-29-20-6-5-16(17-7-10-25-22-18(17)8-11-26-22)12-19(20)21(28-29)23(30)27-14-15-4-3-9-24-13-15/h3-13H,2,14H2,1H3,(H,25,26)(H,27,30). The summed E-state index contributed by atoms with van der Waals surface area (Å²) in [6.45, 7) is 3.11. The van der Waals surface area contributed by atoms with Crippen LogP contribution in [0.25, 0.3) is 33.1 Å². The van der Waals surface area contributed by atoms with Crippen LogP contribution in [0.4, 0.5) is 0 Å². The van der Waals surface area contributed by atoms with Crippen molar-refractivity contribution in [2.24, 2.45) is 0 Å². The van der Waals surface area contributed by atoms with Crippen LogP contribution in [0.15, 0.2) is 67.3 Å². The van der Waals surface area contributed by atoms with Crippen LogP contribution in [0.2, 0.25) is 0 Å². The fourth-order valence-electron chi connectivity index (χ4n) is 3.74. The van der Waals surface area contributed by atoms with Crippen molar-refractivity contribution in [3.63, 3.8) is 0 Å². The second kappa shape index (κ2) is 7.44. The number of H-pyrrole nitrogens is 1. The lowest BCUT2D eigenvalue weighted by Crippen LogP contribution is -2.23. The highest BCUT2D eigenvalue weighted by molar-refractivity contribution is 6.06. The average Bonchev–Trinajstić information content (AvgIpc) is 3.42. The number of fused-ring (bicyclic) bond motifs is 2. The first-order chi connectivity index (χ1) is 14.7. The Bertz CT molecular complexity index is 1350. The van der Waals surface area contributed by atoms with E-state index in [0.29, 0.717) is 18.8 Å². The van der Waals surface area contributed by atoms with Crippen molar-refractivity contribution in [1.29, 1.82) is 0 Å². The monoisotopic (exact) mass is 396 g/mol. The van der Waals surface area contributed by atoms with E-state index >= 15 is 0 Å². The summed E-state index contributed by atoms with van der Waals surface area (Å²) in [6, 6.07) is 13.9. The lowest BCUT2D eigenvalue weighted by Gasteiger charge is -2.06. The second-order valence-electron chi connectivity index (χ2n) is 7.04. The van der Waals surface area contributed by atoms with Crippen molar-refractivity contribution in [3.8, 4) is 11.1 Å². The quantitative estimate of drug-likeness (QED) is 0.471. The van der Waals surface area contributed by atoms with E-state index in [9.17, 15) is 4.79 Å².